The highest BCUT2D eigenvalue weighted by Gasteiger charge is 2.20. The van der Waals surface area contributed by atoms with Crippen molar-refractivity contribution in [1.29, 1.82) is 0 Å². The third-order valence-corrected chi connectivity index (χ3v) is 6.29. The topological polar surface area (TPSA) is 122 Å². The van der Waals surface area contributed by atoms with Crippen molar-refractivity contribution in [2.24, 2.45) is 0 Å². The van der Waals surface area contributed by atoms with Crippen molar-refractivity contribution in [3.63, 3.8) is 0 Å². The first-order valence-electron chi connectivity index (χ1n) is 11.6. The van der Waals surface area contributed by atoms with Crippen molar-refractivity contribution < 1.29 is 13.9 Å². The molecule has 0 saturated heterocycles. The highest BCUT2D eigenvalue weighted by Crippen LogP contribution is 2.25. The molecule has 35 heavy (non-hydrogen) atoms. The highest BCUT2D eigenvalue weighted by atomic mass is 16.5. The zero-order valence-electron chi connectivity index (χ0n) is 19.4. The van der Waals surface area contributed by atoms with E-state index in [-0.39, 0.29) is 5.95 Å². The largest absolute Gasteiger partial charge is 0.491 e. The molecule has 0 amide bonds. The van der Waals surface area contributed by atoms with Crippen LogP contribution in [-0.4, -0.2) is 67.7 Å². The fourth-order valence-electron chi connectivity index (χ4n) is 4.48. The third-order valence-electron chi connectivity index (χ3n) is 6.29. The van der Waals surface area contributed by atoms with Crippen molar-refractivity contribution in [2.45, 2.75) is 19.5 Å². The van der Waals surface area contributed by atoms with Crippen LogP contribution < -0.4 is 10.5 Å². The van der Waals surface area contributed by atoms with Gasteiger partial charge in [0.05, 0.1) is 31.0 Å². The monoisotopic (exact) mass is 474 g/mol. The van der Waals surface area contributed by atoms with Crippen LogP contribution in [-0.2, 0) is 24.2 Å². The van der Waals surface area contributed by atoms with Gasteiger partial charge in [-0.3, -0.25) is 4.90 Å². The Morgan fingerprint density at radius 1 is 1.09 bits per heavy atom. The van der Waals surface area contributed by atoms with Crippen LogP contribution in [0.4, 0.5) is 5.95 Å². The Balaban J connectivity index is 1.17. The molecule has 1 aliphatic rings. The Bertz CT molecular complexity index is 1470. The summed E-state index contributed by atoms with van der Waals surface area (Å²) in [5, 5.41) is 9.82. The highest BCUT2D eigenvalue weighted by molar-refractivity contribution is 5.90. The molecule has 180 valence electrons. The zero-order valence-corrected chi connectivity index (χ0v) is 19.4. The quantitative estimate of drug-likeness (QED) is 0.338. The number of fused-ring (bicyclic) bond motifs is 4. The molecule has 2 N–H and O–H groups in total. The summed E-state index contributed by atoms with van der Waals surface area (Å²) in [6.07, 6.45) is 4.34. The molecule has 0 spiro atoms. The van der Waals surface area contributed by atoms with E-state index in [4.69, 9.17) is 19.6 Å². The summed E-state index contributed by atoms with van der Waals surface area (Å²) in [6, 6.07) is 9.95. The van der Waals surface area contributed by atoms with Crippen LogP contribution in [0.1, 0.15) is 11.1 Å². The molecule has 5 aromatic rings. The van der Waals surface area contributed by atoms with Gasteiger partial charge in [0.25, 0.3) is 0 Å². The second-order valence-corrected chi connectivity index (χ2v) is 8.52. The van der Waals surface area contributed by atoms with Gasteiger partial charge in [-0.1, -0.05) is 6.07 Å². The lowest BCUT2D eigenvalue weighted by molar-refractivity contribution is 0.146. The number of methoxy groups -OCH3 is 1. The third kappa shape index (κ3) is 4.08. The summed E-state index contributed by atoms with van der Waals surface area (Å²) in [5.41, 5.74) is 10.2. The molecular formula is C24H26N8O3. The second kappa shape index (κ2) is 9.01. The first kappa shape index (κ1) is 21.6. The summed E-state index contributed by atoms with van der Waals surface area (Å²) < 4.78 is 19.7. The van der Waals surface area contributed by atoms with Gasteiger partial charge in [0.15, 0.2) is 17.1 Å². The first-order valence-corrected chi connectivity index (χ1v) is 11.6. The maximum absolute atomic E-state index is 6.21. The van der Waals surface area contributed by atoms with Gasteiger partial charge in [-0.15, -0.1) is 5.10 Å². The van der Waals surface area contributed by atoms with E-state index < -0.39 is 0 Å². The molecule has 0 aliphatic carbocycles. The van der Waals surface area contributed by atoms with Gasteiger partial charge in [0.1, 0.15) is 12.4 Å². The maximum Gasteiger partial charge on any atom is 0.225 e. The molecular weight excluding hydrogens is 448 g/mol. The molecule has 0 atom stereocenters. The number of furan rings is 1. The lowest BCUT2D eigenvalue weighted by Crippen LogP contribution is -2.33. The van der Waals surface area contributed by atoms with E-state index in [0.717, 1.165) is 37.2 Å². The van der Waals surface area contributed by atoms with E-state index in [1.165, 1.54) is 15.6 Å². The Morgan fingerprint density at radius 3 is 2.89 bits per heavy atom. The van der Waals surface area contributed by atoms with E-state index in [0.29, 0.717) is 42.6 Å². The van der Waals surface area contributed by atoms with E-state index in [9.17, 15) is 0 Å². The minimum atomic E-state index is 0.259. The average Bonchev–Trinajstić information content (AvgIpc) is 3.62. The van der Waals surface area contributed by atoms with E-state index in [1.807, 2.05) is 16.8 Å². The SMILES string of the molecule is COCCOc1ccc2c(c1)CCN(CCn1ncc3c1nc(N)n1nc(-c4ccco4)nc31)C2. The van der Waals surface area contributed by atoms with E-state index in [1.54, 1.807) is 25.6 Å². The minimum Gasteiger partial charge on any atom is -0.491 e. The van der Waals surface area contributed by atoms with Crippen LogP contribution in [0.15, 0.2) is 47.2 Å². The lowest BCUT2D eigenvalue weighted by Gasteiger charge is -2.29. The molecule has 0 fully saturated rings. The lowest BCUT2D eigenvalue weighted by atomic mass is 9.99. The Morgan fingerprint density at radius 2 is 2.03 bits per heavy atom. The van der Waals surface area contributed by atoms with Crippen molar-refractivity contribution in [1.82, 2.24) is 34.3 Å². The van der Waals surface area contributed by atoms with Gasteiger partial charge < -0.3 is 19.6 Å². The molecule has 11 heteroatoms. The molecule has 0 saturated carbocycles. The number of aromatic nitrogens is 6. The molecule has 0 bridgehead atoms. The minimum absolute atomic E-state index is 0.259. The van der Waals surface area contributed by atoms with Gasteiger partial charge >= 0.3 is 0 Å². The molecule has 1 aliphatic heterocycles. The van der Waals surface area contributed by atoms with Gasteiger partial charge in [-0.05, 0) is 41.8 Å². The fourth-order valence-corrected chi connectivity index (χ4v) is 4.48. The number of rotatable bonds is 8. The number of ether oxygens (including phenoxy) is 2. The Hall–Kier alpha value is -3.96. The number of hydrogen-bond donors (Lipinski definition) is 1. The summed E-state index contributed by atoms with van der Waals surface area (Å²) >= 11 is 0. The first-order chi connectivity index (χ1) is 17.2. The second-order valence-electron chi connectivity index (χ2n) is 8.52. The van der Waals surface area contributed by atoms with Crippen molar-refractivity contribution in [3.8, 4) is 17.3 Å². The van der Waals surface area contributed by atoms with Gasteiger partial charge in [0.2, 0.25) is 11.8 Å². The van der Waals surface area contributed by atoms with Crippen LogP contribution in [0.25, 0.3) is 28.3 Å². The van der Waals surface area contributed by atoms with Crippen LogP contribution >= 0.6 is 0 Å². The van der Waals surface area contributed by atoms with Crippen LogP contribution in [0.2, 0.25) is 0 Å². The maximum atomic E-state index is 6.21. The predicted octanol–water partition coefficient (Wildman–Crippen LogP) is 2.40. The van der Waals surface area contributed by atoms with Crippen LogP contribution in [0.3, 0.4) is 0 Å². The molecule has 4 aromatic heterocycles. The molecule has 0 radical (unpaired) electrons. The Labute approximate surface area is 201 Å². The summed E-state index contributed by atoms with van der Waals surface area (Å²) in [7, 11) is 1.68. The molecule has 1 aromatic carbocycles. The van der Waals surface area contributed by atoms with E-state index in [2.05, 4.69) is 37.2 Å². The number of hydrogen-bond acceptors (Lipinski definition) is 9. The predicted molar refractivity (Wildman–Crippen MR) is 129 cm³/mol. The number of anilines is 1. The Kier molecular flexibility index (Phi) is 5.55. The zero-order chi connectivity index (χ0) is 23.8. The smallest absolute Gasteiger partial charge is 0.225 e. The van der Waals surface area contributed by atoms with Crippen molar-refractivity contribution in [2.75, 3.05) is 39.1 Å². The standard InChI is InChI=1S/C24H26N8O3/c1-33-11-12-34-18-5-4-17-15-30(7-6-16(17)13-18)8-9-31-22-19(14-26-31)23-27-21(20-3-2-10-35-20)29-32(23)24(25)28-22/h2-5,10,13-14H,6-9,11-12,15H2,1H3,(H2,25,28). The average molecular weight is 475 g/mol. The number of nitrogens with two attached hydrogens (primary N) is 1. The normalized spacial score (nSPS) is 14.1. The van der Waals surface area contributed by atoms with Crippen LogP contribution in [0.5, 0.6) is 5.75 Å². The van der Waals surface area contributed by atoms with Crippen molar-refractivity contribution in [3.05, 3.63) is 53.9 Å². The molecule has 5 heterocycles. The van der Waals surface area contributed by atoms with Gasteiger partial charge in [0, 0.05) is 26.7 Å². The van der Waals surface area contributed by atoms with Crippen LogP contribution in [0, 0.1) is 0 Å². The van der Waals surface area contributed by atoms with E-state index >= 15 is 0 Å². The summed E-state index contributed by atoms with van der Waals surface area (Å²) in [4.78, 5) is 11.6. The molecule has 11 nitrogen and oxygen atoms in total. The number of benzene rings is 1. The van der Waals surface area contributed by atoms with Crippen molar-refractivity contribution >= 4 is 22.6 Å². The summed E-state index contributed by atoms with van der Waals surface area (Å²) in [6.45, 7) is 4.55. The fraction of sp³-hybridized carbons (Fsp3) is 0.333. The van der Waals surface area contributed by atoms with Gasteiger partial charge in [-0.25, -0.2) is 9.67 Å². The summed E-state index contributed by atoms with van der Waals surface area (Å²) in [5.74, 6) is 2.20. The number of nitrogens with zero attached hydrogens (tertiary/aromatic N) is 7. The van der Waals surface area contributed by atoms with Gasteiger partial charge in [-0.2, -0.15) is 14.6 Å². The molecule has 0 unspecified atom stereocenters. The molecule has 6 rings (SSSR count). The number of nitrogen functional groups attached to an aromatic ring is 1.